The summed E-state index contributed by atoms with van der Waals surface area (Å²) < 4.78 is 25.2. The zero-order chi connectivity index (χ0) is 14.5. The van der Waals surface area contributed by atoms with E-state index in [-0.39, 0.29) is 11.8 Å². The molecular weight excluding hydrogens is 332 g/mol. The molecule has 0 amide bonds. The Morgan fingerprint density at radius 3 is 2.63 bits per heavy atom. The molecule has 5 nitrogen and oxygen atoms in total. The van der Waals surface area contributed by atoms with Crippen molar-refractivity contribution in [3.63, 3.8) is 0 Å². The highest BCUT2D eigenvalue weighted by molar-refractivity contribution is 9.10. The summed E-state index contributed by atoms with van der Waals surface area (Å²) in [6, 6.07) is 5.26. The van der Waals surface area contributed by atoms with Gasteiger partial charge in [0, 0.05) is 29.2 Å². The van der Waals surface area contributed by atoms with Crippen LogP contribution in [0.4, 0.5) is 0 Å². The Balaban J connectivity index is 2.61. The van der Waals surface area contributed by atoms with E-state index in [2.05, 4.69) is 26.0 Å². The molecule has 7 heteroatoms. The van der Waals surface area contributed by atoms with Crippen molar-refractivity contribution >= 4 is 26.0 Å². The maximum absolute atomic E-state index is 10.9. The number of halogens is 1. The third-order valence-corrected chi connectivity index (χ3v) is 3.87. The summed E-state index contributed by atoms with van der Waals surface area (Å²) >= 11 is 3.37. The molecule has 0 aromatic heterocycles. The zero-order valence-corrected chi connectivity index (χ0v) is 13.4. The van der Waals surface area contributed by atoms with Crippen LogP contribution in [0.25, 0.3) is 0 Å². The van der Waals surface area contributed by atoms with Gasteiger partial charge >= 0.3 is 0 Å². The molecule has 1 atom stereocenters. The Morgan fingerprint density at radius 1 is 1.37 bits per heavy atom. The summed E-state index contributed by atoms with van der Waals surface area (Å²) in [5.41, 5.74) is 0.802. The van der Waals surface area contributed by atoms with E-state index in [1.54, 1.807) is 12.1 Å². The fourth-order valence-corrected chi connectivity index (χ4v) is 2.61. The van der Waals surface area contributed by atoms with E-state index < -0.39 is 10.0 Å². The van der Waals surface area contributed by atoms with Gasteiger partial charge in [-0.15, -0.1) is 0 Å². The predicted octanol–water partition coefficient (Wildman–Crippen LogP) is 1.74. The molecule has 1 unspecified atom stereocenters. The van der Waals surface area contributed by atoms with E-state index in [4.69, 9.17) is 0 Å². The van der Waals surface area contributed by atoms with Crippen molar-refractivity contribution in [2.24, 2.45) is 0 Å². The van der Waals surface area contributed by atoms with Crippen LogP contribution in [0.5, 0.6) is 5.75 Å². The van der Waals surface area contributed by atoms with Gasteiger partial charge in [0.15, 0.2) is 0 Å². The summed E-state index contributed by atoms with van der Waals surface area (Å²) in [5, 5.41) is 13.1. The molecule has 0 spiro atoms. The number of benzene rings is 1. The van der Waals surface area contributed by atoms with Gasteiger partial charge in [-0.05, 0) is 24.6 Å². The van der Waals surface area contributed by atoms with Gasteiger partial charge in [-0.3, -0.25) is 0 Å². The van der Waals surface area contributed by atoms with Crippen LogP contribution in [0.1, 0.15) is 24.9 Å². The third-order valence-electron chi connectivity index (χ3n) is 2.65. The summed E-state index contributed by atoms with van der Waals surface area (Å²) in [4.78, 5) is 0. The summed E-state index contributed by atoms with van der Waals surface area (Å²) in [7, 11) is -3.16. The van der Waals surface area contributed by atoms with E-state index in [1.807, 2.05) is 13.0 Å². The molecule has 0 aliphatic rings. The molecule has 0 fully saturated rings. The number of nitrogens with one attached hydrogen (secondary N) is 2. The van der Waals surface area contributed by atoms with Crippen molar-refractivity contribution in [2.45, 2.75) is 19.4 Å². The van der Waals surface area contributed by atoms with Crippen LogP contribution in [0.3, 0.4) is 0 Å². The van der Waals surface area contributed by atoms with Gasteiger partial charge in [0.05, 0.1) is 6.26 Å². The van der Waals surface area contributed by atoms with Gasteiger partial charge < -0.3 is 10.4 Å². The monoisotopic (exact) mass is 350 g/mol. The molecule has 0 aliphatic carbocycles. The van der Waals surface area contributed by atoms with Crippen LogP contribution >= 0.6 is 15.9 Å². The number of phenolic OH excluding ortho intramolecular Hbond substituents is 1. The highest BCUT2D eigenvalue weighted by Gasteiger charge is 2.13. The fraction of sp³-hybridized carbons (Fsp3) is 0.500. The number of hydrogen-bond donors (Lipinski definition) is 3. The molecule has 0 saturated heterocycles. The normalized spacial score (nSPS) is 13.4. The average molecular weight is 351 g/mol. The molecular formula is C12H19BrN2O3S. The van der Waals surface area contributed by atoms with Crippen LogP contribution in [0.15, 0.2) is 22.7 Å². The second-order valence-corrected chi connectivity index (χ2v) is 7.03. The van der Waals surface area contributed by atoms with Gasteiger partial charge in [-0.1, -0.05) is 22.9 Å². The molecule has 1 aromatic rings. The zero-order valence-electron chi connectivity index (χ0n) is 11.0. The summed E-state index contributed by atoms with van der Waals surface area (Å²) in [5.74, 6) is 0.235. The number of aromatic hydroxyl groups is 1. The molecule has 0 aliphatic heterocycles. The molecule has 108 valence electrons. The Labute approximate surface area is 122 Å². The largest absolute Gasteiger partial charge is 0.508 e. The first kappa shape index (κ1) is 16.4. The highest BCUT2D eigenvalue weighted by atomic mass is 79.9. The molecule has 0 bridgehead atoms. The van der Waals surface area contributed by atoms with Crippen LogP contribution in [0.2, 0.25) is 0 Å². The SMILES string of the molecule is CCC(NCCNS(C)(=O)=O)c1cc(Br)ccc1O. The van der Waals surface area contributed by atoms with E-state index in [0.29, 0.717) is 13.1 Å². The number of hydrogen-bond acceptors (Lipinski definition) is 4. The van der Waals surface area contributed by atoms with Crippen molar-refractivity contribution < 1.29 is 13.5 Å². The molecule has 1 aromatic carbocycles. The van der Waals surface area contributed by atoms with E-state index >= 15 is 0 Å². The Kier molecular flexibility index (Phi) is 6.25. The standard InChI is InChI=1S/C12H19BrN2O3S/c1-3-11(14-6-7-15-19(2,17)18)10-8-9(13)4-5-12(10)16/h4-5,8,11,14-16H,3,6-7H2,1-2H3. The second-order valence-electron chi connectivity index (χ2n) is 4.28. The molecule has 0 heterocycles. The topological polar surface area (TPSA) is 78.4 Å². The van der Waals surface area contributed by atoms with E-state index in [9.17, 15) is 13.5 Å². The van der Waals surface area contributed by atoms with Crippen molar-refractivity contribution in [1.29, 1.82) is 0 Å². The van der Waals surface area contributed by atoms with Gasteiger partial charge in [-0.2, -0.15) is 0 Å². The first-order chi connectivity index (χ1) is 8.83. The van der Waals surface area contributed by atoms with Gasteiger partial charge in [0.1, 0.15) is 5.75 Å². The maximum atomic E-state index is 10.9. The van der Waals surface area contributed by atoms with E-state index in [1.165, 1.54) is 0 Å². The molecule has 3 N–H and O–H groups in total. The minimum Gasteiger partial charge on any atom is -0.508 e. The lowest BCUT2D eigenvalue weighted by molar-refractivity contribution is 0.441. The van der Waals surface area contributed by atoms with Crippen molar-refractivity contribution in [3.8, 4) is 5.75 Å². The smallest absolute Gasteiger partial charge is 0.208 e. The van der Waals surface area contributed by atoms with Gasteiger partial charge in [0.2, 0.25) is 10.0 Å². The highest BCUT2D eigenvalue weighted by Crippen LogP contribution is 2.29. The number of sulfonamides is 1. The van der Waals surface area contributed by atoms with Crippen LogP contribution < -0.4 is 10.0 Å². The van der Waals surface area contributed by atoms with Gasteiger partial charge in [-0.25, -0.2) is 13.1 Å². The molecule has 0 saturated carbocycles. The van der Waals surface area contributed by atoms with Crippen molar-refractivity contribution in [2.75, 3.05) is 19.3 Å². The second kappa shape index (κ2) is 7.23. The first-order valence-electron chi connectivity index (χ1n) is 6.00. The fourth-order valence-electron chi connectivity index (χ4n) is 1.76. The predicted molar refractivity (Wildman–Crippen MR) is 79.7 cm³/mol. The first-order valence-corrected chi connectivity index (χ1v) is 8.68. The summed E-state index contributed by atoms with van der Waals surface area (Å²) in [6.45, 7) is 2.82. The van der Waals surface area contributed by atoms with Crippen LogP contribution in [0, 0.1) is 0 Å². The van der Waals surface area contributed by atoms with Crippen LogP contribution in [-0.2, 0) is 10.0 Å². The van der Waals surface area contributed by atoms with Gasteiger partial charge in [0.25, 0.3) is 0 Å². The molecule has 1 rings (SSSR count). The average Bonchev–Trinajstić information content (AvgIpc) is 2.32. The number of rotatable bonds is 7. The Bertz CT molecular complexity index is 520. The lowest BCUT2D eigenvalue weighted by Crippen LogP contribution is -2.32. The Morgan fingerprint density at radius 2 is 2.05 bits per heavy atom. The quantitative estimate of drug-likeness (QED) is 0.654. The van der Waals surface area contributed by atoms with Crippen molar-refractivity contribution in [1.82, 2.24) is 10.0 Å². The number of phenols is 1. The lowest BCUT2D eigenvalue weighted by atomic mass is 10.0. The Hall–Kier alpha value is -0.630. The summed E-state index contributed by atoms with van der Waals surface area (Å²) in [6.07, 6.45) is 1.92. The minimum atomic E-state index is -3.16. The van der Waals surface area contributed by atoms with E-state index in [0.717, 1.165) is 22.7 Å². The molecule has 0 radical (unpaired) electrons. The van der Waals surface area contributed by atoms with Crippen LogP contribution in [-0.4, -0.2) is 32.9 Å². The third kappa shape index (κ3) is 5.90. The minimum absolute atomic E-state index is 0.0149. The maximum Gasteiger partial charge on any atom is 0.208 e. The van der Waals surface area contributed by atoms with Crippen molar-refractivity contribution in [3.05, 3.63) is 28.2 Å². The lowest BCUT2D eigenvalue weighted by Gasteiger charge is -2.19. The molecule has 19 heavy (non-hydrogen) atoms.